The van der Waals surface area contributed by atoms with E-state index < -0.39 is 0 Å². The highest BCUT2D eigenvalue weighted by atomic mass is 32.2. The topological polar surface area (TPSA) is 69.0 Å². The lowest BCUT2D eigenvalue weighted by Crippen LogP contribution is -2.31. The van der Waals surface area contributed by atoms with Gasteiger partial charge in [-0.2, -0.15) is 4.98 Å². The van der Waals surface area contributed by atoms with Crippen LogP contribution in [0.2, 0.25) is 0 Å². The quantitative estimate of drug-likeness (QED) is 0.232. The van der Waals surface area contributed by atoms with Crippen molar-refractivity contribution in [3.63, 3.8) is 0 Å². The first-order chi connectivity index (χ1) is 19.8. The molecule has 6 nitrogen and oxygen atoms in total. The number of allylic oxidation sites excluding steroid dienone is 2. The number of hydrogen-bond donors (Lipinski definition) is 1. The minimum atomic E-state index is -0.386. The molecule has 2 aliphatic rings. The van der Waals surface area contributed by atoms with Gasteiger partial charge in [-0.1, -0.05) is 87.1 Å². The van der Waals surface area contributed by atoms with Gasteiger partial charge >= 0.3 is 0 Å². The summed E-state index contributed by atoms with van der Waals surface area (Å²) in [6, 6.07) is 22.8. The Morgan fingerprint density at radius 1 is 1.02 bits per heavy atom. The number of rotatable bonds is 7. The second kappa shape index (κ2) is 11.2. The molecule has 0 spiro atoms. The van der Waals surface area contributed by atoms with Crippen LogP contribution in [0.15, 0.2) is 89.2 Å². The zero-order valence-corrected chi connectivity index (χ0v) is 24.3. The second-order valence-electron chi connectivity index (χ2n) is 11.5. The van der Waals surface area contributed by atoms with E-state index in [1.54, 1.807) is 16.8 Å². The molecule has 0 amide bonds. The number of thioether (sulfide) groups is 1. The van der Waals surface area contributed by atoms with Crippen molar-refractivity contribution < 1.29 is 13.9 Å². The number of Topliss-reactive ketones (excluding diaryl/α,β-unsaturated/α-hetero) is 1. The van der Waals surface area contributed by atoms with E-state index in [0.29, 0.717) is 35.4 Å². The van der Waals surface area contributed by atoms with E-state index in [9.17, 15) is 9.18 Å². The summed E-state index contributed by atoms with van der Waals surface area (Å²) in [5, 5.41) is 8.66. The van der Waals surface area contributed by atoms with E-state index in [-0.39, 0.29) is 23.1 Å². The van der Waals surface area contributed by atoms with Crippen LogP contribution >= 0.6 is 11.8 Å². The molecule has 0 saturated carbocycles. The van der Waals surface area contributed by atoms with E-state index in [1.165, 1.54) is 23.4 Å². The molecule has 210 valence electrons. The van der Waals surface area contributed by atoms with Crippen LogP contribution in [0.3, 0.4) is 0 Å². The van der Waals surface area contributed by atoms with E-state index in [2.05, 4.69) is 50.4 Å². The maximum atomic E-state index is 14.2. The molecule has 0 fully saturated rings. The largest absolute Gasteiger partial charge is 0.489 e. The summed E-state index contributed by atoms with van der Waals surface area (Å²) in [6.45, 7) is 7.09. The highest BCUT2D eigenvalue weighted by molar-refractivity contribution is 7.98. The molecule has 1 aliphatic heterocycles. The molecule has 1 aliphatic carbocycles. The van der Waals surface area contributed by atoms with Gasteiger partial charge in [0.15, 0.2) is 5.78 Å². The van der Waals surface area contributed by atoms with Gasteiger partial charge in [0.2, 0.25) is 11.1 Å². The lowest BCUT2D eigenvalue weighted by molar-refractivity contribution is -0.116. The predicted molar refractivity (Wildman–Crippen MR) is 160 cm³/mol. The maximum Gasteiger partial charge on any atom is 0.227 e. The van der Waals surface area contributed by atoms with Crippen molar-refractivity contribution in [2.24, 2.45) is 0 Å². The summed E-state index contributed by atoms with van der Waals surface area (Å²) in [4.78, 5) is 17.9. The fourth-order valence-electron chi connectivity index (χ4n) is 5.28. The zero-order chi connectivity index (χ0) is 28.6. The fourth-order valence-corrected chi connectivity index (χ4v) is 6.09. The van der Waals surface area contributed by atoms with Crippen LogP contribution in [-0.2, 0) is 22.6 Å². The minimum absolute atomic E-state index is 0.113. The first-order valence-corrected chi connectivity index (χ1v) is 14.9. The third-order valence-corrected chi connectivity index (χ3v) is 8.47. The molecule has 0 radical (unpaired) electrons. The molecule has 1 aromatic heterocycles. The van der Waals surface area contributed by atoms with E-state index in [0.717, 1.165) is 41.0 Å². The van der Waals surface area contributed by atoms with Crippen molar-refractivity contribution in [1.82, 2.24) is 14.8 Å². The van der Waals surface area contributed by atoms with Gasteiger partial charge in [0.05, 0.1) is 0 Å². The molecule has 0 saturated heterocycles. The molecule has 6 rings (SSSR count). The van der Waals surface area contributed by atoms with Crippen molar-refractivity contribution in [3.8, 4) is 5.75 Å². The lowest BCUT2D eigenvalue weighted by atomic mass is 9.85. The number of nitrogens with zero attached hydrogens (tertiary/aromatic N) is 3. The molecule has 3 aromatic carbocycles. The molecule has 0 bridgehead atoms. The Bertz CT molecular complexity index is 1600. The van der Waals surface area contributed by atoms with Crippen LogP contribution in [0.25, 0.3) is 0 Å². The molecule has 2 heterocycles. The van der Waals surface area contributed by atoms with E-state index in [4.69, 9.17) is 14.8 Å². The highest BCUT2D eigenvalue weighted by Crippen LogP contribution is 2.41. The van der Waals surface area contributed by atoms with E-state index in [1.807, 2.05) is 30.3 Å². The third-order valence-electron chi connectivity index (χ3n) is 7.58. The molecule has 8 heteroatoms. The van der Waals surface area contributed by atoms with Gasteiger partial charge in [0.1, 0.15) is 24.2 Å². The third kappa shape index (κ3) is 5.79. The van der Waals surface area contributed by atoms with Crippen molar-refractivity contribution >= 4 is 23.5 Å². The number of anilines is 1. The van der Waals surface area contributed by atoms with Crippen LogP contribution in [-0.4, -0.2) is 20.5 Å². The summed E-state index contributed by atoms with van der Waals surface area (Å²) in [6.07, 6.45) is 2.12. The van der Waals surface area contributed by atoms with Gasteiger partial charge in [0, 0.05) is 23.4 Å². The Hall–Kier alpha value is -3.91. The molecule has 1 atom stereocenters. The summed E-state index contributed by atoms with van der Waals surface area (Å²) < 4.78 is 22.0. The summed E-state index contributed by atoms with van der Waals surface area (Å²) in [5.74, 6) is 1.65. The predicted octanol–water partition coefficient (Wildman–Crippen LogP) is 7.61. The van der Waals surface area contributed by atoms with Crippen molar-refractivity contribution in [2.45, 2.75) is 69.0 Å². The van der Waals surface area contributed by atoms with E-state index >= 15 is 0 Å². The fraction of sp³-hybridized carbons (Fsp3) is 0.303. The van der Waals surface area contributed by atoms with Gasteiger partial charge in [-0.05, 0) is 58.7 Å². The Morgan fingerprint density at radius 2 is 1.78 bits per heavy atom. The standard InChI is InChI=1S/C33H33FN4O2S/c1-33(2,3)24-15-11-21(12-16-24)19-40-25-17-13-22(14-18-25)30-29-27(9-6-10-28(29)39)35-31-36-32(37-38(30)31)41-20-23-7-4-5-8-26(23)34/h4-5,7-8,11-18,30H,6,9-10,19-20H2,1-3H3,(H,35,36,37). The molecule has 41 heavy (non-hydrogen) atoms. The van der Waals surface area contributed by atoms with Crippen LogP contribution in [0.1, 0.15) is 68.3 Å². The normalized spacial score (nSPS) is 16.7. The first kappa shape index (κ1) is 27.3. The summed E-state index contributed by atoms with van der Waals surface area (Å²) in [7, 11) is 0. The lowest BCUT2D eigenvalue weighted by Gasteiger charge is -2.32. The number of fused-ring (bicyclic) bond motifs is 1. The summed E-state index contributed by atoms with van der Waals surface area (Å²) >= 11 is 1.37. The van der Waals surface area contributed by atoms with Crippen LogP contribution in [0.4, 0.5) is 10.3 Å². The number of halogens is 1. The number of carbonyl (C=O) groups is 1. The first-order valence-electron chi connectivity index (χ1n) is 13.9. The number of hydrogen-bond acceptors (Lipinski definition) is 6. The van der Waals surface area contributed by atoms with Crippen LogP contribution < -0.4 is 10.1 Å². The maximum absolute atomic E-state index is 14.2. The van der Waals surface area contributed by atoms with Gasteiger partial charge in [0.25, 0.3) is 0 Å². The van der Waals surface area contributed by atoms with Gasteiger partial charge in [-0.25, -0.2) is 9.07 Å². The molecular formula is C33H33FN4O2S. The zero-order valence-electron chi connectivity index (χ0n) is 23.5. The molecular weight excluding hydrogens is 535 g/mol. The number of ether oxygens (including phenoxy) is 1. The molecule has 1 unspecified atom stereocenters. The minimum Gasteiger partial charge on any atom is -0.489 e. The average Bonchev–Trinajstić information content (AvgIpc) is 3.37. The Labute approximate surface area is 244 Å². The SMILES string of the molecule is CC(C)(C)c1ccc(COc2ccc(C3C4=C(CCCC4=O)Nc4nc(SCc5ccccc5F)nn43)cc2)cc1. The van der Waals surface area contributed by atoms with Gasteiger partial charge < -0.3 is 10.1 Å². The molecule has 4 aromatic rings. The second-order valence-corrected chi connectivity index (χ2v) is 12.5. The Balaban J connectivity index is 1.22. The number of benzene rings is 3. The Morgan fingerprint density at radius 3 is 2.51 bits per heavy atom. The molecule has 1 N–H and O–H groups in total. The van der Waals surface area contributed by atoms with Gasteiger partial charge in [-0.15, -0.1) is 5.10 Å². The van der Waals surface area contributed by atoms with Crippen LogP contribution in [0, 0.1) is 5.82 Å². The number of aromatic nitrogens is 3. The van der Waals surface area contributed by atoms with Gasteiger partial charge in [-0.3, -0.25) is 4.79 Å². The van der Waals surface area contributed by atoms with Crippen LogP contribution in [0.5, 0.6) is 5.75 Å². The van der Waals surface area contributed by atoms with Crippen molar-refractivity contribution in [1.29, 1.82) is 0 Å². The number of ketones is 1. The number of carbonyl (C=O) groups excluding carboxylic acids is 1. The smallest absolute Gasteiger partial charge is 0.227 e. The average molecular weight is 569 g/mol. The summed E-state index contributed by atoms with van der Waals surface area (Å²) in [5.41, 5.74) is 5.71. The van der Waals surface area contributed by atoms with Crippen molar-refractivity contribution in [2.75, 3.05) is 5.32 Å². The highest BCUT2D eigenvalue weighted by Gasteiger charge is 2.36. The Kier molecular flexibility index (Phi) is 7.43. The van der Waals surface area contributed by atoms with Crippen molar-refractivity contribution in [3.05, 3.63) is 112 Å². The monoisotopic (exact) mass is 568 g/mol. The number of nitrogens with one attached hydrogen (secondary N) is 1.